The van der Waals surface area contributed by atoms with Gasteiger partial charge in [0.2, 0.25) is 0 Å². The van der Waals surface area contributed by atoms with Crippen molar-refractivity contribution in [3.05, 3.63) is 29.3 Å². The van der Waals surface area contributed by atoms with Crippen molar-refractivity contribution in [2.75, 3.05) is 6.61 Å². The molecule has 0 saturated heterocycles. The van der Waals surface area contributed by atoms with E-state index in [1.54, 1.807) is 0 Å². The van der Waals surface area contributed by atoms with Crippen LogP contribution in [-0.2, 0) is 0 Å². The first-order valence-corrected chi connectivity index (χ1v) is 6.58. The van der Waals surface area contributed by atoms with E-state index in [4.69, 9.17) is 9.84 Å². The molecule has 1 aromatic carbocycles. The van der Waals surface area contributed by atoms with Crippen LogP contribution in [0.5, 0.6) is 5.75 Å². The minimum Gasteiger partial charge on any atom is -0.490 e. The van der Waals surface area contributed by atoms with Gasteiger partial charge in [-0.1, -0.05) is 25.7 Å². The number of aryl methyl sites for hydroxylation is 1. The van der Waals surface area contributed by atoms with Crippen LogP contribution >= 0.6 is 0 Å². The second-order valence-corrected chi connectivity index (χ2v) is 4.31. The van der Waals surface area contributed by atoms with Crippen molar-refractivity contribution < 1.29 is 9.84 Å². The van der Waals surface area contributed by atoms with Gasteiger partial charge in [0.15, 0.2) is 0 Å². The molecule has 0 aliphatic heterocycles. The third-order valence-electron chi connectivity index (χ3n) is 2.85. The Labute approximate surface area is 110 Å². The van der Waals surface area contributed by atoms with Gasteiger partial charge in [0, 0.05) is 12.0 Å². The van der Waals surface area contributed by atoms with Crippen molar-refractivity contribution in [1.29, 1.82) is 0 Å². The lowest BCUT2D eigenvalue weighted by atomic mass is 10.1. The van der Waals surface area contributed by atoms with E-state index in [1.807, 2.05) is 25.1 Å². The Morgan fingerprint density at radius 3 is 2.56 bits per heavy atom. The lowest BCUT2D eigenvalue weighted by molar-refractivity contribution is 0.191. The highest BCUT2D eigenvalue weighted by molar-refractivity contribution is 5.43. The fourth-order valence-corrected chi connectivity index (χ4v) is 1.71. The van der Waals surface area contributed by atoms with Gasteiger partial charge < -0.3 is 9.84 Å². The van der Waals surface area contributed by atoms with Crippen molar-refractivity contribution in [2.45, 2.75) is 46.1 Å². The zero-order valence-electron chi connectivity index (χ0n) is 11.5. The van der Waals surface area contributed by atoms with Crippen LogP contribution in [0, 0.1) is 18.8 Å². The topological polar surface area (TPSA) is 29.5 Å². The van der Waals surface area contributed by atoms with Gasteiger partial charge in [-0.15, -0.1) is 0 Å². The predicted octanol–water partition coefficient (Wildman–Crippen LogP) is 3.30. The van der Waals surface area contributed by atoms with Crippen LogP contribution in [0.1, 0.15) is 44.2 Å². The molecular formula is C16H22O2. The highest BCUT2D eigenvalue weighted by Gasteiger charge is 2.07. The van der Waals surface area contributed by atoms with E-state index in [-0.39, 0.29) is 12.7 Å². The summed E-state index contributed by atoms with van der Waals surface area (Å²) in [6.45, 7) is 6.42. The molecule has 0 fully saturated rings. The van der Waals surface area contributed by atoms with Gasteiger partial charge in [0.05, 0.1) is 12.7 Å². The molecule has 98 valence electrons. The number of benzene rings is 1. The Morgan fingerprint density at radius 1 is 1.28 bits per heavy atom. The number of aliphatic hydroxyl groups is 1. The van der Waals surface area contributed by atoms with Crippen LogP contribution in [0.3, 0.4) is 0 Å². The molecule has 2 heteroatoms. The number of ether oxygens (including phenoxy) is 1. The SMILES string of the molecule is CCC(CC)Oc1ccc(C#CCCO)cc1C. The van der Waals surface area contributed by atoms with Gasteiger partial charge in [0.25, 0.3) is 0 Å². The molecule has 0 aromatic heterocycles. The minimum absolute atomic E-state index is 0.113. The zero-order chi connectivity index (χ0) is 13.4. The predicted molar refractivity (Wildman–Crippen MR) is 74.8 cm³/mol. The Bertz CT molecular complexity index is 422. The molecule has 1 rings (SSSR count). The fraction of sp³-hybridized carbons (Fsp3) is 0.500. The summed E-state index contributed by atoms with van der Waals surface area (Å²) in [7, 11) is 0. The van der Waals surface area contributed by atoms with E-state index in [9.17, 15) is 0 Å². The summed E-state index contributed by atoms with van der Waals surface area (Å²) < 4.78 is 5.94. The van der Waals surface area contributed by atoms with E-state index < -0.39 is 0 Å². The largest absolute Gasteiger partial charge is 0.490 e. The molecular weight excluding hydrogens is 224 g/mol. The number of hydrogen-bond acceptors (Lipinski definition) is 2. The highest BCUT2D eigenvalue weighted by Crippen LogP contribution is 2.21. The van der Waals surface area contributed by atoms with Gasteiger partial charge in [-0.05, 0) is 43.5 Å². The standard InChI is InChI=1S/C16H22O2/c1-4-15(5-2)18-16-10-9-14(12-13(16)3)8-6-7-11-17/h9-10,12,15,17H,4-5,7,11H2,1-3H3. The smallest absolute Gasteiger partial charge is 0.122 e. The van der Waals surface area contributed by atoms with Crippen LogP contribution < -0.4 is 4.74 Å². The first-order chi connectivity index (χ1) is 8.71. The van der Waals surface area contributed by atoms with Crippen LogP contribution in [0.15, 0.2) is 18.2 Å². The van der Waals surface area contributed by atoms with Crippen LogP contribution in [0.25, 0.3) is 0 Å². The van der Waals surface area contributed by atoms with E-state index in [0.717, 1.165) is 29.7 Å². The normalized spacial score (nSPS) is 10.1. The third kappa shape index (κ3) is 4.43. The van der Waals surface area contributed by atoms with Crippen LogP contribution in [-0.4, -0.2) is 17.8 Å². The summed E-state index contributed by atoms with van der Waals surface area (Å²) in [6.07, 6.45) is 2.85. The number of hydrogen-bond donors (Lipinski definition) is 1. The zero-order valence-corrected chi connectivity index (χ0v) is 11.5. The van der Waals surface area contributed by atoms with E-state index >= 15 is 0 Å². The molecule has 1 N–H and O–H groups in total. The second kappa shape index (κ2) is 7.79. The lowest BCUT2D eigenvalue weighted by Gasteiger charge is -2.17. The summed E-state index contributed by atoms with van der Waals surface area (Å²) >= 11 is 0. The van der Waals surface area contributed by atoms with Crippen LogP contribution in [0.4, 0.5) is 0 Å². The number of aliphatic hydroxyl groups excluding tert-OH is 1. The van der Waals surface area contributed by atoms with Crippen molar-refractivity contribution in [1.82, 2.24) is 0 Å². The summed E-state index contributed by atoms with van der Waals surface area (Å²) in [4.78, 5) is 0. The average Bonchev–Trinajstić information content (AvgIpc) is 2.38. The van der Waals surface area contributed by atoms with Crippen molar-refractivity contribution >= 4 is 0 Å². The summed E-state index contributed by atoms with van der Waals surface area (Å²) in [5.41, 5.74) is 2.08. The monoisotopic (exact) mass is 246 g/mol. The van der Waals surface area contributed by atoms with Crippen molar-refractivity contribution in [2.24, 2.45) is 0 Å². The second-order valence-electron chi connectivity index (χ2n) is 4.31. The molecule has 0 spiro atoms. The lowest BCUT2D eigenvalue weighted by Crippen LogP contribution is -2.14. The van der Waals surface area contributed by atoms with Crippen LogP contribution in [0.2, 0.25) is 0 Å². The Hall–Kier alpha value is -1.46. The Morgan fingerprint density at radius 2 is 2.00 bits per heavy atom. The molecule has 0 aliphatic carbocycles. The molecule has 0 bridgehead atoms. The quantitative estimate of drug-likeness (QED) is 0.808. The van der Waals surface area contributed by atoms with E-state index in [0.29, 0.717) is 6.42 Å². The molecule has 0 aliphatic rings. The minimum atomic E-state index is 0.113. The maximum Gasteiger partial charge on any atom is 0.122 e. The maximum absolute atomic E-state index is 8.67. The van der Waals surface area contributed by atoms with E-state index in [1.165, 1.54) is 0 Å². The third-order valence-corrected chi connectivity index (χ3v) is 2.85. The van der Waals surface area contributed by atoms with Gasteiger partial charge in [-0.25, -0.2) is 0 Å². The molecule has 0 saturated carbocycles. The first kappa shape index (κ1) is 14.6. The van der Waals surface area contributed by atoms with Crippen molar-refractivity contribution in [3.8, 4) is 17.6 Å². The van der Waals surface area contributed by atoms with E-state index in [2.05, 4.69) is 25.7 Å². The van der Waals surface area contributed by atoms with Gasteiger partial charge >= 0.3 is 0 Å². The molecule has 0 heterocycles. The highest BCUT2D eigenvalue weighted by atomic mass is 16.5. The Balaban J connectivity index is 2.77. The average molecular weight is 246 g/mol. The molecule has 0 amide bonds. The number of rotatable bonds is 5. The molecule has 1 aromatic rings. The Kier molecular flexibility index (Phi) is 6.32. The van der Waals surface area contributed by atoms with Gasteiger partial charge in [0.1, 0.15) is 5.75 Å². The molecule has 0 unspecified atom stereocenters. The molecule has 0 atom stereocenters. The summed E-state index contributed by atoms with van der Waals surface area (Å²) in [6, 6.07) is 5.98. The first-order valence-electron chi connectivity index (χ1n) is 6.58. The summed E-state index contributed by atoms with van der Waals surface area (Å²) in [5.74, 6) is 6.89. The van der Waals surface area contributed by atoms with Gasteiger partial charge in [-0.3, -0.25) is 0 Å². The van der Waals surface area contributed by atoms with Crippen molar-refractivity contribution in [3.63, 3.8) is 0 Å². The fourth-order valence-electron chi connectivity index (χ4n) is 1.71. The van der Waals surface area contributed by atoms with Gasteiger partial charge in [-0.2, -0.15) is 0 Å². The molecule has 18 heavy (non-hydrogen) atoms. The summed E-state index contributed by atoms with van der Waals surface area (Å²) in [5, 5.41) is 8.67. The molecule has 2 nitrogen and oxygen atoms in total. The maximum atomic E-state index is 8.67. The molecule has 0 radical (unpaired) electrons.